The first-order valence-corrected chi connectivity index (χ1v) is 5.76. The highest BCUT2D eigenvalue weighted by Crippen LogP contribution is 2.34. The zero-order valence-electron chi connectivity index (χ0n) is 8.77. The second kappa shape index (κ2) is 4.08. The molecule has 3 N–H and O–H groups in total. The third-order valence-electron chi connectivity index (χ3n) is 2.64. The van der Waals surface area contributed by atoms with Crippen LogP contribution in [0.5, 0.6) is 0 Å². The Morgan fingerprint density at radius 2 is 2.18 bits per heavy atom. The van der Waals surface area contributed by atoms with E-state index in [1.165, 1.54) is 18.2 Å². The van der Waals surface area contributed by atoms with Gasteiger partial charge in [0.15, 0.2) is 0 Å². The van der Waals surface area contributed by atoms with Gasteiger partial charge in [0.05, 0.1) is 14.9 Å². The molecule has 0 atom stereocenters. The highest BCUT2D eigenvalue weighted by molar-refractivity contribution is 9.10. The van der Waals surface area contributed by atoms with Crippen LogP contribution >= 0.6 is 15.9 Å². The number of nitrogens with zero attached hydrogens (tertiary/aromatic N) is 1. The molecule has 6 nitrogen and oxygen atoms in total. The average Bonchev–Trinajstić information content (AvgIpc) is 2.97. The molecule has 0 unspecified atom stereocenters. The molecule has 0 saturated heterocycles. The Hall–Kier alpha value is -1.47. The number of nitro groups is 1. The molecule has 0 aromatic heterocycles. The largest absolute Gasteiger partial charge is 0.324 e. The lowest BCUT2D eigenvalue weighted by Gasteiger charge is -2.10. The van der Waals surface area contributed by atoms with Gasteiger partial charge < -0.3 is 11.1 Å². The van der Waals surface area contributed by atoms with Crippen molar-refractivity contribution in [2.24, 2.45) is 5.73 Å². The van der Waals surface area contributed by atoms with Crippen molar-refractivity contribution in [2.75, 3.05) is 5.32 Å². The molecule has 0 radical (unpaired) electrons. The van der Waals surface area contributed by atoms with Crippen molar-refractivity contribution in [3.63, 3.8) is 0 Å². The van der Waals surface area contributed by atoms with E-state index in [0.717, 1.165) is 0 Å². The van der Waals surface area contributed by atoms with Gasteiger partial charge in [-0.3, -0.25) is 14.9 Å². The van der Waals surface area contributed by atoms with E-state index in [1.807, 2.05) is 0 Å². The van der Waals surface area contributed by atoms with E-state index in [1.54, 1.807) is 0 Å². The van der Waals surface area contributed by atoms with Gasteiger partial charge in [-0.2, -0.15) is 0 Å². The van der Waals surface area contributed by atoms with Crippen molar-refractivity contribution >= 4 is 33.2 Å². The summed E-state index contributed by atoms with van der Waals surface area (Å²) in [5.74, 6) is -0.252. The number of carbonyl (C=O) groups is 1. The van der Waals surface area contributed by atoms with Gasteiger partial charge in [-0.15, -0.1) is 0 Å². The number of carbonyl (C=O) groups excluding carboxylic acids is 1. The minimum atomic E-state index is -0.756. The molecule has 1 aliphatic carbocycles. The van der Waals surface area contributed by atoms with Crippen LogP contribution in [0.1, 0.15) is 12.8 Å². The molecule has 1 saturated carbocycles. The monoisotopic (exact) mass is 299 g/mol. The van der Waals surface area contributed by atoms with Gasteiger partial charge in [-0.1, -0.05) is 0 Å². The first-order chi connectivity index (χ1) is 7.92. The van der Waals surface area contributed by atoms with Crippen LogP contribution < -0.4 is 11.1 Å². The summed E-state index contributed by atoms with van der Waals surface area (Å²) >= 11 is 3.08. The molecule has 1 aliphatic rings. The molecule has 1 aromatic carbocycles. The number of hydrogen-bond donors (Lipinski definition) is 2. The summed E-state index contributed by atoms with van der Waals surface area (Å²) in [6.07, 6.45) is 1.35. The van der Waals surface area contributed by atoms with Crippen molar-refractivity contribution in [1.29, 1.82) is 0 Å². The molecular weight excluding hydrogens is 290 g/mol. The third-order valence-corrected chi connectivity index (χ3v) is 3.28. The molecule has 0 spiro atoms. The van der Waals surface area contributed by atoms with Crippen LogP contribution in [0.25, 0.3) is 0 Å². The highest BCUT2D eigenvalue weighted by atomic mass is 79.9. The summed E-state index contributed by atoms with van der Waals surface area (Å²) in [5.41, 5.74) is 5.41. The van der Waals surface area contributed by atoms with Crippen LogP contribution in [0.3, 0.4) is 0 Å². The molecule has 0 aliphatic heterocycles. The molecule has 90 valence electrons. The number of anilines is 1. The van der Waals surface area contributed by atoms with Crippen molar-refractivity contribution < 1.29 is 9.72 Å². The van der Waals surface area contributed by atoms with Gasteiger partial charge in [0.25, 0.3) is 5.69 Å². The number of nitrogens with two attached hydrogens (primary N) is 1. The maximum atomic E-state index is 11.6. The quantitative estimate of drug-likeness (QED) is 0.656. The fourth-order valence-corrected chi connectivity index (χ4v) is 1.87. The van der Waals surface area contributed by atoms with Gasteiger partial charge in [0.2, 0.25) is 5.91 Å². The number of halogens is 1. The highest BCUT2D eigenvalue weighted by Gasteiger charge is 2.45. The van der Waals surface area contributed by atoms with Gasteiger partial charge in [0.1, 0.15) is 0 Å². The van der Waals surface area contributed by atoms with Crippen molar-refractivity contribution in [3.05, 3.63) is 32.8 Å². The van der Waals surface area contributed by atoms with Crippen LogP contribution in [0.2, 0.25) is 0 Å². The van der Waals surface area contributed by atoms with E-state index in [-0.39, 0.29) is 11.6 Å². The maximum absolute atomic E-state index is 11.6. The summed E-state index contributed by atoms with van der Waals surface area (Å²) in [6.45, 7) is 0. The van der Waals surface area contributed by atoms with E-state index in [0.29, 0.717) is 23.0 Å². The lowest BCUT2D eigenvalue weighted by Crippen LogP contribution is -2.37. The van der Waals surface area contributed by atoms with Crippen LogP contribution in [0, 0.1) is 10.1 Å². The lowest BCUT2D eigenvalue weighted by atomic mass is 10.2. The molecule has 7 heteroatoms. The lowest BCUT2D eigenvalue weighted by molar-refractivity contribution is -0.385. The number of rotatable bonds is 3. The van der Waals surface area contributed by atoms with Crippen LogP contribution in [0.4, 0.5) is 11.4 Å². The molecule has 0 heterocycles. The Balaban J connectivity index is 2.15. The van der Waals surface area contributed by atoms with E-state index in [9.17, 15) is 14.9 Å². The third kappa shape index (κ3) is 2.45. The fourth-order valence-electron chi connectivity index (χ4n) is 1.35. The molecule has 17 heavy (non-hydrogen) atoms. The first kappa shape index (κ1) is 12.0. The zero-order chi connectivity index (χ0) is 12.6. The molecular formula is C10H10BrN3O3. The number of nitro benzene ring substituents is 1. The van der Waals surface area contributed by atoms with Crippen LogP contribution in [0.15, 0.2) is 22.7 Å². The standard InChI is InChI=1S/C10H10BrN3O3/c11-7-5-6(1-2-8(7)14(16)17)13-9(15)10(12)3-4-10/h1-2,5H,3-4,12H2,(H,13,15). The topological polar surface area (TPSA) is 98.3 Å². The van der Waals surface area contributed by atoms with Gasteiger partial charge in [0, 0.05) is 11.8 Å². The maximum Gasteiger partial charge on any atom is 0.283 e. The van der Waals surface area contributed by atoms with E-state index in [4.69, 9.17) is 5.73 Å². The van der Waals surface area contributed by atoms with Crippen LogP contribution in [-0.2, 0) is 4.79 Å². The zero-order valence-corrected chi connectivity index (χ0v) is 10.4. The number of benzene rings is 1. The Kier molecular flexibility index (Phi) is 2.88. The minimum Gasteiger partial charge on any atom is -0.324 e. The Morgan fingerprint density at radius 3 is 2.65 bits per heavy atom. The second-order valence-corrected chi connectivity index (χ2v) is 4.89. The molecule has 1 amide bonds. The number of hydrogen-bond acceptors (Lipinski definition) is 4. The fraction of sp³-hybridized carbons (Fsp3) is 0.300. The average molecular weight is 300 g/mol. The Labute approximate surface area is 105 Å². The molecule has 0 bridgehead atoms. The van der Waals surface area contributed by atoms with Crippen molar-refractivity contribution in [2.45, 2.75) is 18.4 Å². The van der Waals surface area contributed by atoms with E-state index in [2.05, 4.69) is 21.2 Å². The predicted molar refractivity (Wildman–Crippen MR) is 65.6 cm³/mol. The Bertz CT molecular complexity index is 500. The summed E-state index contributed by atoms with van der Waals surface area (Å²) < 4.78 is 0.321. The smallest absolute Gasteiger partial charge is 0.283 e. The van der Waals surface area contributed by atoms with Crippen molar-refractivity contribution in [3.8, 4) is 0 Å². The SMILES string of the molecule is NC1(C(=O)Nc2ccc([N+](=O)[O-])c(Br)c2)CC1. The van der Waals surface area contributed by atoms with Gasteiger partial charge in [-0.25, -0.2) is 0 Å². The van der Waals surface area contributed by atoms with E-state index >= 15 is 0 Å². The summed E-state index contributed by atoms with van der Waals surface area (Å²) in [4.78, 5) is 21.7. The molecule has 1 aromatic rings. The van der Waals surface area contributed by atoms with Crippen molar-refractivity contribution in [1.82, 2.24) is 0 Å². The summed E-state index contributed by atoms with van der Waals surface area (Å²) in [6, 6.07) is 4.30. The Morgan fingerprint density at radius 1 is 1.53 bits per heavy atom. The van der Waals surface area contributed by atoms with Gasteiger partial charge >= 0.3 is 0 Å². The number of amides is 1. The normalized spacial score (nSPS) is 16.4. The summed E-state index contributed by atoms with van der Waals surface area (Å²) in [7, 11) is 0. The summed E-state index contributed by atoms with van der Waals surface area (Å²) in [5, 5.41) is 13.2. The first-order valence-electron chi connectivity index (χ1n) is 4.97. The minimum absolute atomic E-state index is 0.0446. The second-order valence-electron chi connectivity index (χ2n) is 4.03. The number of nitrogens with one attached hydrogen (secondary N) is 1. The van der Waals surface area contributed by atoms with Gasteiger partial charge in [-0.05, 0) is 40.9 Å². The van der Waals surface area contributed by atoms with E-state index < -0.39 is 10.5 Å². The van der Waals surface area contributed by atoms with Crippen LogP contribution in [-0.4, -0.2) is 16.4 Å². The predicted octanol–water partition coefficient (Wildman–Crippen LogP) is 1.79. The molecule has 1 fully saturated rings. The molecule has 2 rings (SSSR count).